The van der Waals surface area contributed by atoms with Crippen molar-refractivity contribution in [3.8, 4) is 17.2 Å². The van der Waals surface area contributed by atoms with E-state index in [1.54, 1.807) is 18.2 Å². The number of aromatic nitrogens is 1. The first-order chi connectivity index (χ1) is 15.2. The average Bonchev–Trinajstić information content (AvgIpc) is 3.22. The Morgan fingerprint density at radius 3 is 2.29 bits per heavy atom. The van der Waals surface area contributed by atoms with Crippen molar-refractivity contribution >= 4 is 17.1 Å². The summed E-state index contributed by atoms with van der Waals surface area (Å²) in [5.41, 5.74) is 2.65. The number of benzene rings is 2. The topological polar surface area (TPSA) is 61.6 Å². The molecule has 166 valence electrons. The Hall–Kier alpha value is -2.82. The highest BCUT2D eigenvalue weighted by Gasteiger charge is 2.13. The normalized spacial score (nSPS) is 11.0. The van der Waals surface area contributed by atoms with E-state index in [0.29, 0.717) is 29.2 Å². The van der Waals surface area contributed by atoms with E-state index in [4.69, 9.17) is 13.9 Å². The molecular weight excluding hydrogens is 390 g/mol. The van der Waals surface area contributed by atoms with E-state index in [9.17, 15) is 4.79 Å². The Morgan fingerprint density at radius 2 is 1.58 bits per heavy atom. The van der Waals surface area contributed by atoms with Gasteiger partial charge in [0.15, 0.2) is 5.58 Å². The van der Waals surface area contributed by atoms with Crippen molar-refractivity contribution in [2.24, 2.45) is 0 Å². The molecule has 0 unspecified atom stereocenters. The van der Waals surface area contributed by atoms with Crippen LogP contribution in [0.1, 0.15) is 75.6 Å². The van der Waals surface area contributed by atoms with Gasteiger partial charge in [-0.25, -0.2) is 9.78 Å². The summed E-state index contributed by atoms with van der Waals surface area (Å²) in [7, 11) is 0. The van der Waals surface area contributed by atoms with Crippen LogP contribution in [-0.2, 0) is 4.74 Å². The third-order valence-corrected chi connectivity index (χ3v) is 5.22. The maximum Gasteiger partial charge on any atom is 0.338 e. The van der Waals surface area contributed by atoms with Gasteiger partial charge in [0.1, 0.15) is 11.3 Å². The van der Waals surface area contributed by atoms with E-state index in [2.05, 4.69) is 18.8 Å². The molecule has 0 radical (unpaired) electrons. The second-order valence-electron chi connectivity index (χ2n) is 7.83. The zero-order valence-corrected chi connectivity index (χ0v) is 18.7. The Labute approximate surface area is 184 Å². The number of carbonyl (C=O) groups is 1. The average molecular weight is 424 g/mol. The van der Waals surface area contributed by atoms with Gasteiger partial charge in [-0.1, -0.05) is 52.4 Å². The van der Waals surface area contributed by atoms with Gasteiger partial charge < -0.3 is 13.9 Å². The van der Waals surface area contributed by atoms with Crippen LogP contribution in [0.2, 0.25) is 0 Å². The standard InChI is InChI=1S/C26H33NO4/c1-3-5-7-9-17-29-22-14-11-20(12-15-22)25-27-23-19-21(13-16-24(23)31-25)26(28)30-18-10-8-6-4-2/h11-16,19H,3-10,17-18H2,1-2H3. The van der Waals surface area contributed by atoms with Gasteiger partial charge in [0.2, 0.25) is 5.89 Å². The molecule has 0 spiro atoms. The molecule has 0 saturated heterocycles. The molecule has 2 aromatic carbocycles. The molecule has 5 nitrogen and oxygen atoms in total. The fourth-order valence-corrected chi connectivity index (χ4v) is 3.37. The predicted molar refractivity (Wildman–Crippen MR) is 124 cm³/mol. The van der Waals surface area contributed by atoms with Crippen molar-refractivity contribution < 1.29 is 18.7 Å². The zero-order valence-electron chi connectivity index (χ0n) is 18.7. The van der Waals surface area contributed by atoms with Crippen LogP contribution in [0.25, 0.3) is 22.6 Å². The zero-order chi connectivity index (χ0) is 21.9. The number of esters is 1. The van der Waals surface area contributed by atoms with Gasteiger partial charge in [0, 0.05) is 5.56 Å². The summed E-state index contributed by atoms with van der Waals surface area (Å²) < 4.78 is 17.0. The number of rotatable bonds is 13. The third-order valence-electron chi connectivity index (χ3n) is 5.22. The number of nitrogens with zero attached hydrogens (tertiary/aromatic N) is 1. The molecule has 5 heteroatoms. The van der Waals surface area contributed by atoms with Crippen molar-refractivity contribution in [1.82, 2.24) is 4.98 Å². The molecule has 0 aliphatic rings. The highest BCUT2D eigenvalue weighted by atomic mass is 16.5. The van der Waals surface area contributed by atoms with Crippen LogP contribution in [0.3, 0.4) is 0 Å². The van der Waals surface area contributed by atoms with Crippen LogP contribution in [0, 0.1) is 0 Å². The third kappa shape index (κ3) is 6.84. The fraction of sp³-hybridized carbons (Fsp3) is 0.462. The number of fused-ring (bicyclic) bond motifs is 1. The molecule has 31 heavy (non-hydrogen) atoms. The predicted octanol–water partition coefficient (Wildman–Crippen LogP) is 7.19. The first-order valence-corrected chi connectivity index (χ1v) is 11.5. The molecule has 0 aliphatic heterocycles. The Bertz CT molecular complexity index is 946. The number of hydrogen-bond donors (Lipinski definition) is 0. The lowest BCUT2D eigenvalue weighted by molar-refractivity contribution is 0.0498. The summed E-state index contributed by atoms with van der Waals surface area (Å²) in [5.74, 6) is 1.05. The molecule has 1 heterocycles. The van der Waals surface area contributed by atoms with Crippen LogP contribution < -0.4 is 4.74 Å². The van der Waals surface area contributed by atoms with Crippen LogP contribution in [0.4, 0.5) is 0 Å². The second kappa shape index (κ2) is 12.1. The van der Waals surface area contributed by atoms with Crippen molar-refractivity contribution in [3.05, 3.63) is 48.0 Å². The number of unbranched alkanes of at least 4 members (excludes halogenated alkanes) is 6. The molecule has 0 N–H and O–H groups in total. The highest BCUT2D eigenvalue weighted by molar-refractivity contribution is 5.93. The van der Waals surface area contributed by atoms with E-state index in [0.717, 1.165) is 50.0 Å². The van der Waals surface area contributed by atoms with Crippen LogP contribution in [0.5, 0.6) is 5.75 Å². The van der Waals surface area contributed by atoms with Gasteiger partial charge >= 0.3 is 5.97 Å². The van der Waals surface area contributed by atoms with Crippen LogP contribution in [0.15, 0.2) is 46.9 Å². The summed E-state index contributed by atoms with van der Waals surface area (Å²) >= 11 is 0. The number of carbonyl (C=O) groups excluding carboxylic acids is 1. The lowest BCUT2D eigenvalue weighted by Gasteiger charge is -2.06. The summed E-state index contributed by atoms with van der Waals surface area (Å²) in [6.07, 6.45) is 9.05. The molecule has 0 aliphatic carbocycles. The van der Waals surface area contributed by atoms with E-state index in [1.807, 2.05) is 24.3 Å². The minimum atomic E-state index is -0.316. The van der Waals surface area contributed by atoms with Gasteiger partial charge in [0.05, 0.1) is 18.8 Å². The van der Waals surface area contributed by atoms with Crippen molar-refractivity contribution in [2.75, 3.05) is 13.2 Å². The van der Waals surface area contributed by atoms with Gasteiger partial charge in [-0.2, -0.15) is 0 Å². The van der Waals surface area contributed by atoms with Gasteiger partial charge in [0.25, 0.3) is 0 Å². The fourth-order valence-electron chi connectivity index (χ4n) is 3.37. The number of hydrogen-bond acceptors (Lipinski definition) is 5. The van der Waals surface area contributed by atoms with E-state index < -0.39 is 0 Å². The van der Waals surface area contributed by atoms with Crippen molar-refractivity contribution in [2.45, 2.75) is 65.2 Å². The van der Waals surface area contributed by atoms with E-state index >= 15 is 0 Å². The molecule has 0 amide bonds. The Kier molecular flexibility index (Phi) is 8.95. The van der Waals surface area contributed by atoms with Crippen molar-refractivity contribution in [1.29, 1.82) is 0 Å². The highest BCUT2D eigenvalue weighted by Crippen LogP contribution is 2.27. The first kappa shape index (κ1) is 22.9. The minimum Gasteiger partial charge on any atom is -0.494 e. The summed E-state index contributed by atoms with van der Waals surface area (Å²) in [6.45, 7) is 5.55. The summed E-state index contributed by atoms with van der Waals surface area (Å²) in [5, 5.41) is 0. The van der Waals surface area contributed by atoms with Gasteiger partial charge in [-0.3, -0.25) is 0 Å². The molecule has 1 aromatic heterocycles. The molecule has 3 rings (SSSR count). The first-order valence-electron chi connectivity index (χ1n) is 11.5. The van der Waals surface area contributed by atoms with Gasteiger partial charge in [-0.05, 0) is 55.3 Å². The maximum absolute atomic E-state index is 12.3. The monoisotopic (exact) mass is 423 g/mol. The maximum atomic E-state index is 12.3. The summed E-state index contributed by atoms with van der Waals surface area (Å²) in [4.78, 5) is 16.8. The summed E-state index contributed by atoms with van der Waals surface area (Å²) in [6, 6.07) is 13.0. The Morgan fingerprint density at radius 1 is 0.871 bits per heavy atom. The smallest absolute Gasteiger partial charge is 0.338 e. The van der Waals surface area contributed by atoms with Crippen LogP contribution >= 0.6 is 0 Å². The molecule has 0 saturated carbocycles. The SMILES string of the molecule is CCCCCCOC(=O)c1ccc2oc(-c3ccc(OCCCCCC)cc3)nc2c1. The lowest BCUT2D eigenvalue weighted by atomic mass is 10.2. The lowest BCUT2D eigenvalue weighted by Crippen LogP contribution is -2.06. The second-order valence-corrected chi connectivity index (χ2v) is 7.83. The Balaban J connectivity index is 1.58. The van der Waals surface area contributed by atoms with Crippen molar-refractivity contribution in [3.63, 3.8) is 0 Å². The number of oxazole rings is 1. The largest absolute Gasteiger partial charge is 0.494 e. The molecule has 3 aromatic rings. The molecule has 0 bridgehead atoms. The molecular formula is C26H33NO4. The van der Waals surface area contributed by atoms with Crippen LogP contribution in [-0.4, -0.2) is 24.2 Å². The quantitative estimate of drug-likeness (QED) is 0.215. The molecule has 0 atom stereocenters. The van der Waals surface area contributed by atoms with Gasteiger partial charge in [-0.15, -0.1) is 0 Å². The minimum absolute atomic E-state index is 0.316. The number of ether oxygens (including phenoxy) is 2. The van der Waals surface area contributed by atoms with E-state index in [1.165, 1.54) is 19.3 Å². The molecule has 0 fully saturated rings. The van der Waals surface area contributed by atoms with E-state index in [-0.39, 0.29) is 5.97 Å².